The lowest BCUT2D eigenvalue weighted by Gasteiger charge is -2.12. The molecule has 10 nitrogen and oxygen atoms in total. The molecule has 0 saturated carbocycles. The van der Waals surface area contributed by atoms with Gasteiger partial charge in [0, 0.05) is 10.6 Å². The lowest BCUT2D eigenvalue weighted by atomic mass is 10.3. The average molecular weight is 339 g/mol. The molecule has 0 spiro atoms. The van der Waals surface area contributed by atoms with E-state index in [1.165, 1.54) is 36.4 Å². The molecule has 0 saturated heterocycles. The Balaban J connectivity index is 1.92. The van der Waals surface area contributed by atoms with Crippen molar-refractivity contribution in [2.75, 3.05) is 0 Å². The highest BCUT2D eigenvalue weighted by atomic mass is 31.2. The number of para-hydroxylation sites is 1. The van der Waals surface area contributed by atoms with Gasteiger partial charge in [-0.05, 0) is 41.9 Å². The van der Waals surface area contributed by atoms with Crippen LogP contribution in [0.3, 0.4) is 0 Å². The van der Waals surface area contributed by atoms with E-state index in [9.17, 15) is 4.57 Å². The fourth-order valence-electron chi connectivity index (χ4n) is 1.31. The summed E-state index contributed by atoms with van der Waals surface area (Å²) in [7, 11) is -4.53. The quantitative estimate of drug-likeness (QED) is 0.186. The fourth-order valence-corrected chi connectivity index (χ4v) is 1.75. The third-order valence-electron chi connectivity index (χ3n) is 2.29. The lowest BCUT2D eigenvalue weighted by Crippen LogP contribution is -2.04. The smallest absolute Gasteiger partial charge is 0.327 e. The average Bonchev–Trinajstić information content (AvgIpc) is 2.61. The maximum absolute atomic E-state index is 11.9. The van der Waals surface area contributed by atoms with Gasteiger partial charge in [-0.25, -0.2) is 9.82 Å². The Bertz CT molecular complexity index is 719. The first-order chi connectivity index (χ1) is 11.1. The summed E-state index contributed by atoms with van der Waals surface area (Å²) in [6.45, 7) is 0. The third-order valence-corrected chi connectivity index (χ3v) is 3.00. The topological polar surface area (TPSA) is 132 Å². The molecule has 1 unspecified atom stereocenters. The molecule has 120 valence electrons. The van der Waals surface area contributed by atoms with Gasteiger partial charge in [-0.2, -0.15) is 0 Å². The molecule has 0 bridgehead atoms. The molecule has 2 aromatic rings. The monoisotopic (exact) mass is 339 g/mol. The van der Waals surface area contributed by atoms with E-state index in [0.29, 0.717) is 5.69 Å². The van der Waals surface area contributed by atoms with Gasteiger partial charge < -0.3 is 9.78 Å². The summed E-state index contributed by atoms with van der Waals surface area (Å²) < 4.78 is 24.3. The molecule has 23 heavy (non-hydrogen) atoms. The Hall–Kier alpha value is -2.58. The largest absolute Gasteiger partial charge is 0.574 e. The van der Waals surface area contributed by atoms with Crippen molar-refractivity contribution in [2.45, 2.75) is 0 Å². The highest BCUT2D eigenvalue weighted by Gasteiger charge is 2.33. The van der Waals surface area contributed by atoms with Gasteiger partial charge in [-0.1, -0.05) is 32.7 Å². The number of benzene rings is 2. The maximum atomic E-state index is 11.9. The van der Waals surface area contributed by atoms with Crippen LogP contribution < -0.4 is 9.78 Å². The van der Waals surface area contributed by atoms with Gasteiger partial charge in [-0.15, -0.1) is 4.67 Å². The zero-order chi connectivity index (χ0) is 16.5. The van der Waals surface area contributed by atoms with Crippen LogP contribution in [-0.4, -0.2) is 5.26 Å². The number of azide groups is 1. The molecular weight excluding hydrogens is 329 g/mol. The van der Waals surface area contributed by atoms with Crippen molar-refractivity contribution in [3.8, 4) is 11.5 Å². The van der Waals surface area contributed by atoms with Crippen molar-refractivity contribution in [1.82, 2.24) is 0 Å². The number of rotatable bonds is 8. The van der Waals surface area contributed by atoms with Crippen LogP contribution in [0.1, 0.15) is 0 Å². The second-order valence-corrected chi connectivity index (χ2v) is 5.20. The highest BCUT2D eigenvalue weighted by molar-refractivity contribution is 7.48. The second kappa shape index (κ2) is 8.16. The molecular formula is C12H10N3O7P. The van der Waals surface area contributed by atoms with Crippen LogP contribution in [0.4, 0.5) is 5.69 Å². The molecule has 0 aliphatic heterocycles. The number of hydrogen-bond donors (Lipinski definition) is 1. The zero-order valence-corrected chi connectivity index (χ0v) is 12.3. The molecule has 0 aromatic heterocycles. The van der Waals surface area contributed by atoms with Crippen molar-refractivity contribution >= 4 is 13.5 Å². The summed E-state index contributed by atoms with van der Waals surface area (Å²) in [5.41, 5.74) is 8.61. The molecule has 0 fully saturated rings. The molecule has 1 N–H and O–H groups in total. The van der Waals surface area contributed by atoms with Gasteiger partial charge in [0.05, 0.1) is 0 Å². The van der Waals surface area contributed by atoms with Crippen LogP contribution in [0.2, 0.25) is 0 Å². The molecule has 0 radical (unpaired) electrons. The lowest BCUT2D eigenvalue weighted by molar-refractivity contribution is -0.251. The minimum Gasteiger partial charge on any atom is -0.327 e. The first kappa shape index (κ1) is 16.8. The van der Waals surface area contributed by atoms with Gasteiger partial charge in [0.2, 0.25) is 0 Å². The van der Waals surface area contributed by atoms with Crippen molar-refractivity contribution in [2.24, 2.45) is 5.11 Å². The van der Waals surface area contributed by atoms with Gasteiger partial charge in [-0.3, -0.25) is 0 Å². The minimum absolute atomic E-state index is 0.0856. The Morgan fingerprint density at radius 1 is 0.957 bits per heavy atom. The van der Waals surface area contributed by atoms with Gasteiger partial charge in [0.25, 0.3) is 0 Å². The van der Waals surface area contributed by atoms with E-state index in [1.54, 1.807) is 18.2 Å². The Morgan fingerprint density at radius 3 is 2.04 bits per heavy atom. The fraction of sp³-hybridized carbons (Fsp3) is 0. The summed E-state index contributed by atoms with van der Waals surface area (Å²) in [6.07, 6.45) is 0. The van der Waals surface area contributed by atoms with Crippen molar-refractivity contribution in [3.05, 3.63) is 65.0 Å². The van der Waals surface area contributed by atoms with Crippen molar-refractivity contribution in [1.29, 1.82) is 0 Å². The standard InChI is InChI=1S/C12H10N3O7P/c13-15-14-10-6-8-12(9-7-10)19-22-23(17,20-16)21-18-11-4-2-1-3-5-11/h1-9,16H. The molecule has 2 aromatic carbocycles. The van der Waals surface area contributed by atoms with E-state index >= 15 is 0 Å². The first-order valence-corrected chi connectivity index (χ1v) is 7.47. The van der Waals surface area contributed by atoms with E-state index in [-0.39, 0.29) is 11.5 Å². The third kappa shape index (κ3) is 5.28. The molecule has 0 heterocycles. The molecule has 2 rings (SSSR count). The minimum atomic E-state index is -4.53. The maximum Gasteiger partial charge on any atom is 0.574 e. The van der Waals surface area contributed by atoms with Crippen LogP contribution in [0.25, 0.3) is 10.4 Å². The van der Waals surface area contributed by atoms with Crippen molar-refractivity contribution in [3.63, 3.8) is 0 Å². The van der Waals surface area contributed by atoms with Crippen LogP contribution in [0.5, 0.6) is 11.5 Å². The van der Waals surface area contributed by atoms with Crippen LogP contribution in [0, 0.1) is 0 Å². The van der Waals surface area contributed by atoms with E-state index in [0.717, 1.165) is 0 Å². The van der Waals surface area contributed by atoms with E-state index in [1.807, 2.05) is 0 Å². The molecule has 0 amide bonds. The summed E-state index contributed by atoms with van der Waals surface area (Å²) in [5, 5.41) is 12.0. The van der Waals surface area contributed by atoms with Gasteiger partial charge in [0.15, 0.2) is 11.5 Å². The van der Waals surface area contributed by atoms with Crippen molar-refractivity contribution < 1.29 is 33.6 Å². The van der Waals surface area contributed by atoms with Crippen LogP contribution in [0.15, 0.2) is 59.7 Å². The molecule has 1 atom stereocenters. The van der Waals surface area contributed by atoms with Gasteiger partial charge in [0.1, 0.15) is 0 Å². The first-order valence-electron chi connectivity index (χ1n) is 6.01. The summed E-state index contributed by atoms with van der Waals surface area (Å²) in [4.78, 5) is 12.0. The van der Waals surface area contributed by atoms with Crippen LogP contribution >= 0.6 is 7.82 Å². The van der Waals surface area contributed by atoms with E-state index < -0.39 is 7.82 Å². The predicted molar refractivity (Wildman–Crippen MR) is 76.4 cm³/mol. The summed E-state index contributed by atoms with van der Waals surface area (Å²) in [5.74, 6) is 0.287. The van der Waals surface area contributed by atoms with E-state index in [4.69, 9.17) is 20.6 Å². The van der Waals surface area contributed by atoms with Crippen LogP contribution in [-0.2, 0) is 18.6 Å². The Kier molecular flexibility index (Phi) is 5.95. The number of hydrogen-bond acceptors (Lipinski definition) is 8. The SMILES string of the molecule is [N-]=[N+]=Nc1ccc(OOP(=O)(OO)OOc2ccccc2)cc1. The summed E-state index contributed by atoms with van der Waals surface area (Å²) >= 11 is 0. The molecule has 11 heteroatoms. The number of nitrogens with zero attached hydrogens (tertiary/aromatic N) is 3. The predicted octanol–water partition coefficient (Wildman–Crippen LogP) is 4.55. The summed E-state index contributed by atoms with van der Waals surface area (Å²) in [6, 6.07) is 13.6. The highest BCUT2D eigenvalue weighted by Crippen LogP contribution is 2.48. The zero-order valence-electron chi connectivity index (χ0n) is 11.4. The van der Waals surface area contributed by atoms with Gasteiger partial charge >= 0.3 is 7.82 Å². The normalized spacial score (nSPS) is 12.7. The number of phosphoric acid groups is 1. The molecule has 0 aliphatic carbocycles. The van der Waals surface area contributed by atoms with E-state index in [2.05, 4.69) is 24.0 Å². The second-order valence-electron chi connectivity index (χ2n) is 3.84. The molecule has 0 aliphatic rings. The Labute approximate surface area is 129 Å². The Morgan fingerprint density at radius 2 is 1.52 bits per heavy atom.